The fourth-order valence-electron chi connectivity index (χ4n) is 3.93. The first-order chi connectivity index (χ1) is 12.2. The van der Waals surface area contributed by atoms with E-state index in [2.05, 4.69) is 4.57 Å². The molecule has 0 unspecified atom stereocenters. The fraction of sp³-hybridized carbons (Fsp3) is 0.737. The molecule has 2 amide bonds. The summed E-state index contributed by atoms with van der Waals surface area (Å²) in [7, 11) is 0. The predicted octanol–water partition coefficient (Wildman–Crippen LogP) is 2.67. The van der Waals surface area contributed by atoms with E-state index in [1.807, 2.05) is 32.6 Å². The Labute approximate surface area is 155 Å². The van der Waals surface area contributed by atoms with Crippen molar-refractivity contribution >= 4 is 12.0 Å². The zero-order valence-electron chi connectivity index (χ0n) is 16.5. The molecular formula is C19H30N4O3. The Morgan fingerprint density at radius 2 is 1.77 bits per heavy atom. The number of nitrogens with zero attached hydrogens (tertiary/aromatic N) is 4. The molecule has 1 fully saturated rings. The van der Waals surface area contributed by atoms with Gasteiger partial charge in [-0.25, -0.2) is 9.78 Å². The Balaban J connectivity index is 1.67. The van der Waals surface area contributed by atoms with Crippen LogP contribution in [0.25, 0.3) is 0 Å². The van der Waals surface area contributed by atoms with Crippen LogP contribution < -0.4 is 0 Å². The van der Waals surface area contributed by atoms with Crippen LogP contribution >= 0.6 is 0 Å². The third-order valence-electron chi connectivity index (χ3n) is 5.16. The number of piperidine rings is 1. The lowest BCUT2D eigenvalue weighted by atomic mass is 10.0. The minimum Gasteiger partial charge on any atom is -0.444 e. The molecule has 2 aliphatic heterocycles. The van der Waals surface area contributed by atoms with E-state index in [0.717, 1.165) is 37.3 Å². The zero-order valence-corrected chi connectivity index (χ0v) is 16.5. The monoisotopic (exact) mass is 362 g/mol. The predicted molar refractivity (Wildman–Crippen MR) is 97.8 cm³/mol. The number of likely N-dealkylation sites (tertiary alicyclic amines) is 1. The van der Waals surface area contributed by atoms with Gasteiger partial charge < -0.3 is 19.1 Å². The number of amides is 2. The van der Waals surface area contributed by atoms with Gasteiger partial charge in [0.15, 0.2) is 0 Å². The maximum Gasteiger partial charge on any atom is 0.410 e. The van der Waals surface area contributed by atoms with Gasteiger partial charge in [0.05, 0.1) is 12.2 Å². The number of fused-ring (bicyclic) bond motifs is 1. The first-order valence-corrected chi connectivity index (χ1v) is 9.45. The van der Waals surface area contributed by atoms with Crippen molar-refractivity contribution in [3.8, 4) is 0 Å². The van der Waals surface area contributed by atoms with Crippen molar-refractivity contribution < 1.29 is 14.3 Å². The van der Waals surface area contributed by atoms with Gasteiger partial charge in [0.1, 0.15) is 11.4 Å². The largest absolute Gasteiger partial charge is 0.444 e. The van der Waals surface area contributed by atoms with Gasteiger partial charge >= 0.3 is 6.09 Å². The number of hydrogen-bond acceptors (Lipinski definition) is 4. The lowest BCUT2D eigenvalue weighted by Crippen LogP contribution is -2.42. The molecule has 0 radical (unpaired) electrons. The van der Waals surface area contributed by atoms with E-state index in [1.54, 1.807) is 11.8 Å². The number of carbonyl (C=O) groups is 2. The van der Waals surface area contributed by atoms with Gasteiger partial charge in [0.25, 0.3) is 0 Å². The topological polar surface area (TPSA) is 67.7 Å². The third-order valence-corrected chi connectivity index (χ3v) is 5.16. The van der Waals surface area contributed by atoms with E-state index in [1.165, 1.54) is 5.69 Å². The van der Waals surface area contributed by atoms with Crippen LogP contribution in [0.3, 0.4) is 0 Å². The first kappa shape index (κ1) is 18.7. The maximum absolute atomic E-state index is 12.3. The average Bonchev–Trinajstić information content (AvgIpc) is 2.88. The highest BCUT2D eigenvalue weighted by molar-refractivity contribution is 5.73. The number of aromatic nitrogens is 2. The fourth-order valence-corrected chi connectivity index (χ4v) is 3.93. The standard InChI is InChI=1S/C19H30N4O3/c1-13-20-16-12-22(14(2)24)11-8-17(16)23(13)15-6-9-21(10-7-15)18(25)26-19(3,4)5/h15H,6-12H2,1-5H3. The highest BCUT2D eigenvalue weighted by Gasteiger charge is 2.31. The van der Waals surface area contributed by atoms with Crippen LogP contribution in [0, 0.1) is 6.92 Å². The SMILES string of the molecule is CC(=O)N1CCc2c(nc(C)n2C2CCN(C(=O)OC(C)(C)C)CC2)C1. The lowest BCUT2D eigenvalue weighted by molar-refractivity contribution is -0.129. The van der Waals surface area contributed by atoms with Crippen LogP contribution in [0.4, 0.5) is 4.79 Å². The van der Waals surface area contributed by atoms with Crippen LogP contribution in [-0.4, -0.2) is 56.6 Å². The molecule has 0 aromatic carbocycles. The van der Waals surface area contributed by atoms with E-state index in [-0.39, 0.29) is 12.0 Å². The number of rotatable bonds is 1. The first-order valence-electron chi connectivity index (χ1n) is 9.45. The van der Waals surface area contributed by atoms with Gasteiger partial charge in [-0.2, -0.15) is 0 Å². The number of carbonyl (C=O) groups excluding carboxylic acids is 2. The Morgan fingerprint density at radius 1 is 1.12 bits per heavy atom. The summed E-state index contributed by atoms with van der Waals surface area (Å²) >= 11 is 0. The van der Waals surface area contributed by atoms with Gasteiger partial charge in [-0.3, -0.25) is 4.79 Å². The van der Waals surface area contributed by atoms with Crippen LogP contribution in [0.15, 0.2) is 0 Å². The molecule has 3 heterocycles. The molecule has 0 atom stereocenters. The molecule has 3 rings (SSSR count). The zero-order chi connectivity index (χ0) is 19.1. The van der Waals surface area contributed by atoms with Crippen LogP contribution in [0.2, 0.25) is 0 Å². The number of ether oxygens (including phenoxy) is 1. The Kier molecular flexibility index (Phi) is 4.99. The lowest BCUT2D eigenvalue weighted by Gasteiger charge is -2.35. The van der Waals surface area contributed by atoms with Crippen molar-refractivity contribution in [1.82, 2.24) is 19.4 Å². The van der Waals surface area contributed by atoms with Crippen molar-refractivity contribution in [2.45, 2.75) is 72.1 Å². The van der Waals surface area contributed by atoms with Gasteiger partial charge in [-0.15, -0.1) is 0 Å². The van der Waals surface area contributed by atoms with E-state index in [9.17, 15) is 9.59 Å². The smallest absolute Gasteiger partial charge is 0.410 e. The van der Waals surface area contributed by atoms with Gasteiger partial charge in [0, 0.05) is 44.7 Å². The third kappa shape index (κ3) is 3.86. The summed E-state index contributed by atoms with van der Waals surface area (Å²) in [5.74, 6) is 1.12. The van der Waals surface area contributed by atoms with Gasteiger partial charge in [-0.1, -0.05) is 0 Å². The van der Waals surface area contributed by atoms with E-state index >= 15 is 0 Å². The number of hydrogen-bond donors (Lipinski definition) is 0. The van der Waals surface area contributed by atoms with E-state index in [0.29, 0.717) is 25.7 Å². The van der Waals surface area contributed by atoms with Crippen molar-refractivity contribution in [3.05, 3.63) is 17.2 Å². The van der Waals surface area contributed by atoms with E-state index in [4.69, 9.17) is 9.72 Å². The van der Waals surface area contributed by atoms with Crippen LogP contribution in [-0.2, 0) is 22.5 Å². The van der Waals surface area contributed by atoms with Crippen molar-refractivity contribution in [3.63, 3.8) is 0 Å². The molecular weight excluding hydrogens is 332 g/mol. The Hall–Kier alpha value is -2.05. The second-order valence-corrected chi connectivity index (χ2v) is 8.31. The van der Waals surface area contributed by atoms with Crippen molar-refractivity contribution in [2.75, 3.05) is 19.6 Å². The van der Waals surface area contributed by atoms with Crippen molar-refractivity contribution in [2.24, 2.45) is 0 Å². The second-order valence-electron chi connectivity index (χ2n) is 8.31. The molecule has 1 aromatic rings. The molecule has 0 spiro atoms. The molecule has 0 saturated carbocycles. The van der Waals surface area contributed by atoms with Crippen LogP contribution in [0.5, 0.6) is 0 Å². The molecule has 144 valence electrons. The summed E-state index contributed by atoms with van der Waals surface area (Å²) in [4.78, 5) is 32.3. The molecule has 0 aliphatic carbocycles. The molecule has 0 N–H and O–H groups in total. The van der Waals surface area contributed by atoms with Crippen molar-refractivity contribution in [1.29, 1.82) is 0 Å². The summed E-state index contributed by atoms with van der Waals surface area (Å²) in [5.41, 5.74) is 1.82. The second kappa shape index (κ2) is 6.93. The minimum atomic E-state index is -0.462. The normalized spacial score (nSPS) is 18.7. The number of imidazole rings is 1. The molecule has 1 saturated heterocycles. The summed E-state index contributed by atoms with van der Waals surface area (Å²) < 4.78 is 7.83. The van der Waals surface area contributed by atoms with Gasteiger partial charge in [0.2, 0.25) is 5.91 Å². The molecule has 26 heavy (non-hydrogen) atoms. The number of aryl methyl sites for hydroxylation is 1. The molecule has 7 heteroatoms. The minimum absolute atomic E-state index is 0.105. The molecule has 1 aromatic heterocycles. The Morgan fingerprint density at radius 3 is 2.35 bits per heavy atom. The van der Waals surface area contributed by atoms with Crippen LogP contribution in [0.1, 0.15) is 63.8 Å². The summed E-state index contributed by atoms with van der Waals surface area (Å²) in [6.07, 6.45) is 2.43. The quantitative estimate of drug-likeness (QED) is 0.770. The average molecular weight is 362 g/mol. The highest BCUT2D eigenvalue weighted by atomic mass is 16.6. The Bertz CT molecular complexity index is 696. The molecule has 0 bridgehead atoms. The summed E-state index contributed by atoms with van der Waals surface area (Å²) in [5, 5.41) is 0. The highest BCUT2D eigenvalue weighted by Crippen LogP contribution is 2.30. The molecule has 2 aliphatic rings. The van der Waals surface area contributed by atoms with E-state index < -0.39 is 5.60 Å². The molecule has 7 nitrogen and oxygen atoms in total. The maximum atomic E-state index is 12.3. The summed E-state index contributed by atoms with van der Waals surface area (Å²) in [6, 6.07) is 0.355. The van der Waals surface area contributed by atoms with Gasteiger partial charge in [-0.05, 0) is 40.5 Å². The summed E-state index contributed by atoms with van der Waals surface area (Å²) in [6.45, 7) is 12.1.